The summed E-state index contributed by atoms with van der Waals surface area (Å²) in [4.78, 5) is 10.3. The van der Waals surface area contributed by atoms with Crippen LogP contribution in [0.1, 0.15) is 13.3 Å². The average molecular weight is 146 g/mol. The van der Waals surface area contributed by atoms with Gasteiger partial charge in [0.1, 0.15) is 6.79 Å². The van der Waals surface area contributed by atoms with E-state index in [0.29, 0.717) is 6.42 Å². The van der Waals surface area contributed by atoms with Gasteiger partial charge >= 0.3 is 5.97 Å². The maximum Gasteiger partial charge on any atom is 0.333 e. The van der Waals surface area contributed by atoms with Gasteiger partial charge < -0.3 is 14.6 Å². The lowest BCUT2D eigenvalue weighted by atomic mass is 10.1. The van der Waals surface area contributed by atoms with Gasteiger partial charge in [0.2, 0.25) is 0 Å². The van der Waals surface area contributed by atoms with Crippen molar-refractivity contribution in [3.8, 4) is 0 Å². The first kappa shape index (κ1) is 7.50. The molecule has 0 bridgehead atoms. The molecule has 10 heavy (non-hydrogen) atoms. The first-order valence-electron chi connectivity index (χ1n) is 3.16. The standard InChI is InChI=1S/C6H10O4/c1-4-2-5(6(7)8)10-3-9-4/h4-5H,2-3H2,1H3,(H,7,8). The summed E-state index contributed by atoms with van der Waals surface area (Å²) in [6.07, 6.45) is -0.242. The molecular formula is C6H10O4. The Morgan fingerprint density at radius 1 is 1.60 bits per heavy atom. The molecular weight excluding hydrogens is 136 g/mol. The lowest BCUT2D eigenvalue weighted by molar-refractivity contribution is -0.191. The van der Waals surface area contributed by atoms with Crippen LogP contribution in [0.25, 0.3) is 0 Å². The van der Waals surface area contributed by atoms with E-state index in [0.717, 1.165) is 0 Å². The highest BCUT2D eigenvalue weighted by molar-refractivity contribution is 5.72. The lowest BCUT2D eigenvalue weighted by Gasteiger charge is -2.24. The zero-order valence-corrected chi connectivity index (χ0v) is 5.74. The molecule has 2 unspecified atom stereocenters. The summed E-state index contributed by atoms with van der Waals surface area (Å²) in [5.74, 6) is -0.907. The van der Waals surface area contributed by atoms with Crippen LogP contribution in [0.4, 0.5) is 0 Å². The van der Waals surface area contributed by atoms with Crippen molar-refractivity contribution in [1.82, 2.24) is 0 Å². The molecule has 0 aromatic rings. The van der Waals surface area contributed by atoms with Gasteiger partial charge in [0.05, 0.1) is 6.10 Å². The maximum atomic E-state index is 10.3. The van der Waals surface area contributed by atoms with Gasteiger partial charge in [0, 0.05) is 6.42 Å². The Kier molecular flexibility index (Phi) is 2.24. The summed E-state index contributed by atoms with van der Waals surface area (Å²) in [5, 5.41) is 8.48. The summed E-state index contributed by atoms with van der Waals surface area (Å²) in [5.41, 5.74) is 0. The monoisotopic (exact) mass is 146 g/mol. The van der Waals surface area contributed by atoms with E-state index >= 15 is 0 Å². The number of hydrogen-bond donors (Lipinski definition) is 1. The Morgan fingerprint density at radius 3 is 2.70 bits per heavy atom. The highest BCUT2D eigenvalue weighted by atomic mass is 16.7. The van der Waals surface area contributed by atoms with Crippen molar-refractivity contribution in [2.75, 3.05) is 6.79 Å². The Labute approximate surface area is 58.7 Å². The second-order valence-corrected chi connectivity index (χ2v) is 2.32. The van der Waals surface area contributed by atoms with E-state index in [1.807, 2.05) is 6.92 Å². The Bertz CT molecular complexity index is 134. The molecule has 4 nitrogen and oxygen atoms in total. The Morgan fingerprint density at radius 2 is 2.30 bits per heavy atom. The van der Waals surface area contributed by atoms with Crippen molar-refractivity contribution in [3.05, 3.63) is 0 Å². The Hall–Kier alpha value is -0.610. The van der Waals surface area contributed by atoms with Gasteiger partial charge in [-0.15, -0.1) is 0 Å². The van der Waals surface area contributed by atoms with Crippen LogP contribution in [0, 0.1) is 0 Å². The van der Waals surface area contributed by atoms with E-state index < -0.39 is 12.1 Å². The zero-order valence-electron chi connectivity index (χ0n) is 5.74. The molecule has 2 atom stereocenters. The van der Waals surface area contributed by atoms with Gasteiger partial charge in [-0.05, 0) is 6.92 Å². The first-order valence-corrected chi connectivity index (χ1v) is 3.16. The minimum atomic E-state index is -0.907. The molecule has 0 aromatic carbocycles. The number of aliphatic carboxylic acids is 1. The van der Waals surface area contributed by atoms with E-state index in [-0.39, 0.29) is 12.9 Å². The maximum absolute atomic E-state index is 10.3. The summed E-state index contributed by atoms with van der Waals surface area (Å²) < 4.78 is 9.76. The molecule has 0 saturated carbocycles. The van der Waals surface area contributed by atoms with Crippen molar-refractivity contribution < 1.29 is 19.4 Å². The number of rotatable bonds is 1. The molecule has 1 saturated heterocycles. The highest BCUT2D eigenvalue weighted by Crippen LogP contribution is 2.12. The molecule has 1 heterocycles. The molecule has 0 spiro atoms. The number of carboxylic acids is 1. The number of carbonyl (C=O) groups is 1. The van der Waals surface area contributed by atoms with Crippen LogP contribution < -0.4 is 0 Å². The SMILES string of the molecule is CC1CC(C(=O)O)OCO1. The third-order valence-electron chi connectivity index (χ3n) is 1.44. The fraction of sp³-hybridized carbons (Fsp3) is 0.833. The van der Waals surface area contributed by atoms with Crippen molar-refractivity contribution in [2.45, 2.75) is 25.6 Å². The molecule has 0 amide bonds. The zero-order chi connectivity index (χ0) is 7.56. The summed E-state index contributed by atoms with van der Waals surface area (Å²) in [6.45, 7) is 1.93. The van der Waals surface area contributed by atoms with Gasteiger partial charge in [0.25, 0.3) is 0 Å². The fourth-order valence-corrected chi connectivity index (χ4v) is 0.847. The van der Waals surface area contributed by atoms with Crippen molar-refractivity contribution >= 4 is 5.97 Å². The van der Waals surface area contributed by atoms with Crippen molar-refractivity contribution in [1.29, 1.82) is 0 Å². The number of hydrogen-bond acceptors (Lipinski definition) is 3. The van der Waals surface area contributed by atoms with Gasteiger partial charge in [-0.3, -0.25) is 0 Å². The molecule has 0 radical (unpaired) electrons. The minimum absolute atomic E-state index is 0.00477. The van der Waals surface area contributed by atoms with E-state index in [9.17, 15) is 4.79 Å². The van der Waals surface area contributed by atoms with Gasteiger partial charge in [0.15, 0.2) is 6.10 Å². The van der Waals surface area contributed by atoms with Crippen LogP contribution >= 0.6 is 0 Å². The first-order chi connectivity index (χ1) is 4.70. The summed E-state index contributed by atoms with van der Waals surface area (Å²) in [7, 11) is 0. The average Bonchev–Trinajstić information content (AvgIpc) is 1.88. The summed E-state index contributed by atoms with van der Waals surface area (Å²) in [6, 6.07) is 0. The van der Waals surface area contributed by atoms with Crippen molar-refractivity contribution in [2.24, 2.45) is 0 Å². The molecule has 1 aliphatic rings. The number of ether oxygens (including phenoxy) is 2. The molecule has 1 rings (SSSR count). The van der Waals surface area contributed by atoms with E-state index in [1.165, 1.54) is 0 Å². The highest BCUT2D eigenvalue weighted by Gasteiger charge is 2.25. The van der Waals surface area contributed by atoms with E-state index in [2.05, 4.69) is 0 Å². The molecule has 58 valence electrons. The van der Waals surface area contributed by atoms with Crippen LogP contribution in [0.15, 0.2) is 0 Å². The van der Waals surface area contributed by atoms with Gasteiger partial charge in [-0.2, -0.15) is 0 Å². The smallest absolute Gasteiger partial charge is 0.333 e. The Balaban J connectivity index is 2.39. The predicted octanol–water partition coefficient (Wildman–Crippen LogP) is 0.223. The second-order valence-electron chi connectivity index (χ2n) is 2.32. The molecule has 1 N–H and O–H groups in total. The molecule has 1 fully saturated rings. The fourth-order valence-electron chi connectivity index (χ4n) is 0.847. The van der Waals surface area contributed by atoms with Crippen LogP contribution in [-0.2, 0) is 14.3 Å². The third kappa shape index (κ3) is 1.68. The van der Waals surface area contributed by atoms with Gasteiger partial charge in [-0.1, -0.05) is 0 Å². The van der Waals surface area contributed by atoms with Crippen LogP contribution in [0.5, 0.6) is 0 Å². The predicted molar refractivity (Wildman–Crippen MR) is 32.5 cm³/mol. The topological polar surface area (TPSA) is 55.8 Å². The van der Waals surface area contributed by atoms with Crippen LogP contribution in [0.3, 0.4) is 0 Å². The second kappa shape index (κ2) is 2.98. The molecule has 0 aliphatic carbocycles. The van der Waals surface area contributed by atoms with E-state index in [1.54, 1.807) is 0 Å². The summed E-state index contributed by atoms with van der Waals surface area (Å²) >= 11 is 0. The molecule has 0 aromatic heterocycles. The normalized spacial score (nSPS) is 33.7. The third-order valence-corrected chi connectivity index (χ3v) is 1.44. The largest absolute Gasteiger partial charge is 0.479 e. The van der Waals surface area contributed by atoms with Crippen LogP contribution in [0.2, 0.25) is 0 Å². The lowest BCUT2D eigenvalue weighted by Crippen LogP contribution is -2.35. The molecule has 4 heteroatoms. The minimum Gasteiger partial charge on any atom is -0.479 e. The van der Waals surface area contributed by atoms with Crippen LogP contribution in [-0.4, -0.2) is 30.1 Å². The van der Waals surface area contributed by atoms with Crippen molar-refractivity contribution in [3.63, 3.8) is 0 Å². The van der Waals surface area contributed by atoms with E-state index in [4.69, 9.17) is 14.6 Å². The molecule has 1 aliphatic heterocycles. The van der Waals surface area contributed by atoms with Gasteiger partial charge in [-0.25, -0.2) is 4.79 Å². The quantitative estimate of drug-likeness (QED) is 0.575. The number of carboxylic acid groups (broad SMARTS) is 1.